The van der Waals surface area contributed by atoms with E-state index in [2.05, 4.69) is 5.32 Å². The number of nitrogens with one attached hydrogen (secondary N) is 1. The van der Waals surface area contributed by atoms with Crippen molar-refractivity contribution >= 4 is 6.09 Å². The molecule has 1 aromatic rings. The highest BCUT2D eigenvalue weighted by molar-refractivity contribution is 5.68. The fourth-order valence-corrected chi connectivity index (χ4v) is 1.68. The molecule has 0 radical (unpaired) electrons. The molecule has 0 aliphatic carbocycles. The van der Waals surface area contributed by atoms with Gasteiger partial charge in [-0.2, -0.15) is 0 Å². The van der Waals surface area contributed by atoms with Crippen molar-refractivity contribution in [2.75, 3.05) is 13.7 Å². The van der Waals surface area contributed by atoms with Gasteiger partial charge in [-0.15, -0.1) is 0 Å². The molecule has 0 unspecified atom stereocenters. The number of benzene rings is 1. The maximum absolute atomic E-state index is 11.7. The van der Waals surface area contributed by atoms with E-state index in [0.717, 1.165) is 11.3 Å². The van der Waals surface area contributed by atoms with Crippen LogP contribution in [-0.4, -0.2) is 36.6 Å². The first-order chi connectivity index (χ1) is 9.34. The Labute approximate surface area is 119 Å². The SMILES string of the molecule is COc1ccc(C[C@H](CO)NC(=O)OC(C)(C)C)cc1. The molecule has 0 aliphatic heterocycles. The monoisotopic (exact) mass is 281 g/mol. The summed E-state index contributed by atoms with van der Waals surface area (Å²) in [5.41, 5.74) is 0.449. The van der Waals surface area contributed by atoms with Gasteiger partial charge in [-0.05, 0) is 44.9 Å². The minimum absolute atomic E-state index is 0.148. The van der Waals surface area contributed by atoms with Crippen LogP contribution in [0.5, 0.6) is 5.75 Å². The van der Waals surface area contributed by atoms with Crippen molar-refractivity contribution in [1.82, 2.24) is 5.32 Å². The molecule has 0 spiro atoms. The summed E-state index contributed by atoms with van der Waals surface area (Å²) >= 11 is 0. The number of carbonyl (C=O) groups excluding carboxylic acids is 1. The smallest absolute Gasteiger partial charge is 0.407 e. The molecule has 0 saturated carbocycles. The summed E-state index contributed by atoms with van der Waals surface area (Å²) in [6.07, 6.45) is 0.00443. The molecule has 0 bridgehead atoms. The Morgan fingerprint density at radius 3 is 2.35 bits per heavy atom. The number of aliphatic hydroxyl groups excluding tert-OH is 1. The average molecular weight is 281 g/mol. The van der Waals surface area contributed by atoms with Gasteiger partial charge in [-0.25, -0.2) is 4.79 Å². The standard InChI is InChI=1S/C15H23NO4/c1-15(2,3)20-14(18)16-12(10-17)9-11-5-7-13(19-4)8-6-11/h5-8,12,17H,9-10H2,1-4H3,(H,16,18)/t12-/m1/s1. The Kier molecular flexibility index (Phi) is 5.82. The second-order valence-electron chi connectivity index (χ2n) is 5.58. The van der Waals surface area contributed by atoms with Gasteiger partial charge in [0.05, 0.1) is 19.8 Å². The van der Waals surface area contributed by atoms with Crippen molar-refractivity contribution < 1.29 is 19.4 Å². The van der Waals surface area contributed by atoms with Crippen LogP contribution < -0.4 is 10.1 Å². The fourth-order valence-electron chi connectivity index (χ4n) is 1.68. The van der Waals surface area contributed by atoms with Gasteiger partial charge in [0, 0.05) is 0 Å². The molecule has 0 saturated heterocycles. The maximum atomic E-state index is 11.7. The third kappa shape index (κ3) is 5.93. The van der Waals surface area contributed by atoms with Gasteiger partial charge in [0.25, 0.3) is 0 Å². The minimum atomic E-state index is -0.551. The molecular weight excluding hydrogens is 258 g/mol. The third-order valence-corrected chi connectivity index (χ3v) is 2.58. The van der Waals surface area contributed by atoms with Gasteiger partial charge in [0.2, 0.25) is 0 Å². The molecule has 0 aliphatic rings. The zero-order valence-electron chi connectivity index (χ0n) is 12.5. The second kappa shape index (κ2) is 7.14. The molecule has 0 fully saturated rings. The van der Waals surface area contributed by atoms with Crippen LogP contribution >= 0.6 is 0 Å². The Bertz CT molecular complexity index is 422. The minimum Gasteiger partial charge on any atom is -0.497 e. The number of alkyl carbamates (subject to hydrolysis) is 1. The van der Waals surface area contributed by atoms with E-state index in [0.29, 0.717) is 6.42 Å². The lowest BCUT2D eigenvalue weighted by Crippen LogP contribution is -2.42. The van der Waals surface area contributed by atoms with Crippen molar-refractivity contribution in [3.63, 3.8) is 0 Å². The molecule has 5 nitrogen and oxygen atoms in total. The molecule has 1 amide bonds. The van der Waals surface area contributed by atoms with Crippen LogP contribution in [0.3, 0.4) is 0 Å². The third-order valence-electron chi connectivity index (χ3n) is 2.58. The lowest BCUT2D eigenvalue weighted by Gasteiger charge is -2.22. The number of rotatable bonds is 5. The van der Waals surface area contributed by atoms with E-state index in [-0.39, 0.29) is 12.6 Å². The predicted octanol–water partition coefficient (Wildman–Crippen LogP) is 2.12. The second-order valence-corrected chi connectivity index (χ2v) is 5.58. The largest absolute Gasteiger partial charge is 0.497 e. The summed E-state index contributed by atoms with van der Waals surface area (Å²) in [7, 11) is 1.61. The number of hydrogen-bond acceptors (Lipinski definition) is 4. The summed E-state index contributed by atoms with van der Waals surface area (Å²) in [5.74, 6) is 0.773. The molecule has 1 rings (SSSR count). The molecule has 1 atom stereocenters. The zero-order valence-corrected chi connectivity index (χ0v) is 12.5. The van der Waals surface area contributed by atoms with Crippen LogP contribution in [0.15, 0.2) is 24.3 Å². The van der Waals surface area contributed by atoms with Crippen LogP contribution in [0, 0.1) is 0 Å². The Morgan fingerprint density at radius 1 is 1.30 bits per heavy atom. The van der Waals surface area contributed by atoms with E-state index in [1.54, 1.807) is 27.9 Å². The molecule has 20 heavy (non-hydrogen) atoms. The molecule has 2 N–H and O–H groups in total. The van der Waals surface area contributed by atoms with E-state index < -0.39 is 11.7 Å². The number of amides is 1. The number of methoxy groups -OCH3 is 1. The van der Waals surface area contributed by atoms with Crippen LogP contribution in [-0.2, 0) is 11.2 Å². The van der Waals surface area contributed by atoms with Crippen LogP contribution in [0.2, 0.25) is 0 Å². The van der Waals surface area contributed by atoms with Gasteiger partial charge in [-0.1, -0.05) is 12.1 Å². The molecule has 112 valence electrons. The molecular formula is C15H23NO4. The summed E-state index contributed by atoms with van der Waals surface area (Å²) in [6.45, 7) is 5.24. The van der Waals surface area contributed by atoms with E-state index in [1.165, 1.54) is 0 Å². The quantitative estimate of drug-likeness (QED) is 0.867. The van der Waals surface area contributed by atoms with Crippen molar-refractivity contribution in [1.29, 1.82) is 0 Å². The number of carbonyl (C=O) groups is 1. The number of ether oxygens (including phenoxy) is 2. The number of hydrogen-bond donors (Lipinski definition) is 2. The van der Waals surface area contributed by atoms with Crippen molar-refractivity contribution in [2.24, 2.45) is 0 Å². The summed E-state index contributed by atoms with van der Waals surface area (Å²) < 4.78 is 10.2. The topological polar surface area (TPSA) is 67.8 Å². The van der Waals surface area contributed by atoms with E-state index >= 15 is 0 Å². The lowest BCUT2D eigenvalue weighted by atomic mass is 10.1. The average Bonchev–Trinajstić information content (AvgIpc) is 2.36. The first kappa shape index (κ1) is 16.3. The maximum Gasteiger partial charge on any atom is 0.407 e. The van der Waals surface area contributed by atoms with E-state index in [9.17, 15) is 9.90 Å². The molecule has 1 aromatic carbocycles. The predicted molar refractivity (Wildman–Crippen MR) is 76.9 cm³/mol. The first-order valence-electron chi connectivity index (χ1n) is 6.57. The Morgan fingerprint density at radius 2 is 1.90 bits per heavy atom. The normalized spacial score (nSPS) is 12.7. The van der Waals surface area contributed by atoms with E-state index in [1.807, 2.05) is 24.3 Å². The van der Waals surface area contributed by atoms with Gasteiger partial charge >= 0.3 is 6.09 Å². The summed E-state index contributed by atoms with van der Waals surface area (Å²) in [6, 6.07) is 7.11. The summed E-state index contributed by atoms with van der Waals surface area (Å²) in [4.78, 5) is 11.7. The fraction of sp³-hybridized carbons (Fsp3) is 0.533. The van der Waals surface area contributed by atoms with Crippen LogP contribution in [0.25, 0.3) is 0 Å². The lowest BCUT2D eigenvalue weighted by molar-refractivity contribution is 0.0483. The van der Waals surface area contributed by atoms with Gasteiger partial charge in [0.1, 0.15) is 11.4 Å². The zero-order chi connectivity index (χ0) is 15.2. The first-order valence-corrected chi connectivity index (χ1v) is 6.57. The highest BCUT2D eigenvalue weighted by Crippen LogP contribution is 2.13. The van der Waals surface area contributed by atoms with Gasteiger partial charge in [-0.3, -0.25) is 0 Å². The van der Waals surface area contributed by atoms with Crippen molar-refractivity contribution in [3.8, 4) is 5.75 Å². The van der Waals surface area contributed by atoms with E-state index in [4.69, 9.17) is 9.47 Å². The highest BCUT2D eigenvalue weighted by Gasteiger charge is 2.19. The van der Waals surface area contributed by atoms with Crippen molar-refractivity contribution in [3.05, 3.63) is 29.8 Å². The number of aliphatic hydroxyl groups is 1. The highest BCUT2D eigenvalue weighted by atomic mass is 16.6. The Balaban J connectivity index is 2.55. The molecule has 5 heteroatoms. The van der Waals surface area contributed by atoms with Crippen LogP contribution in [0.1, 0.15) is 26.3 Å². The van der Waals surface area contributed by atoms with Crippen LogP contribution in [0.4, 0.5) is 4.79 Å². The Hall–Kier alpha value is -1.75. The summed E-state index contributed by atoms with van der Waals surface area (Å²) in [5, 5.41) is 12.0. The molecule has 0 aromatic heterocycles. The van der Waals surface area contributed by atoms with Gasteiger partial charge < -0.3 is 19.9 Å². The van der Waals surface area contributed by atoms with Gasteiger partial charge in [0.15, 0.2) is 0 Å². The van der Waals surface area contributed by atoms with Crippen molar-refractivity contribution in [2.45, 2.75) is 38.8 Å². The molecule has 0 heterocycles.